The predicted molar refractivity (Wildman–Crippen MR) is 58.2 cm³/mol. The van der Waals surface area contributed by atoms with Crippen molar-refractivity contribution < 1.29 is 0 Å². The molecule has 0 fully saturated rings. The van der Waals surface area contributed by atoms with Gasteiger partial charge < -0.3 is 0 Å². The molecule has 0 aliphatic rings. The third-order valence-electron chi connectivity index (χ3n) is 2.18. The molecule has 0 N–H and O–H groups in total. The van der Waals surface area contributed by atoms with Crippen LogP contribution in [0, 0.1) is 0 Å². The lowest BCUT2D eigenvalue weighted by Crippen LogP contribution is -1.85. The van der Waals surface area contributed by atoms with E-state index >= 15 is 0 Å². The zero-order chi connectivity index (χ0) is 9.42. The van der Waals surface area contributed by atoms with Crippen molar-refractivity contribution in [3.63, 3.8) is 0 Å². The molecular formula is C10H12N2S. The van der Waals surface area contributed by atoms with Gasteiger partial charge in [-0.3, -0.25) is 0 Å². The van der Waals surface area contributed by atoms with E-state index in [1.54, 1.807) is 4.09 Å². The standard InChI is InChI=1S/C10H12N2S/c1-7(2)8-3-4-10-9(5-8)6-12(13)11-10/h3-7,13H,1-2H3. The first-order valence-electron chi connectivity index (χ1n) is 4.35. The Morgan fingerprint density at radius 2 is 2.15 bits per heavy atom. The quantitative estimate of drug-likeness (QED) is 0.688. The largest absolute Gasteiger partial charge is 0.216 e. The second-order valence-electron chi connectivity index (χ2n) is 3.52. The number of hydrogen-bond acceptors (Lipinski definition) is 2. The molecule has 2 aromatic rings. The molecule has 2 rings (SSSR count). The number of fused-ring (bicyclic) bond motifs is 1. The normalized spacial score (nSPS) is 11.4. The number of nitrogens with zero attached hydrogens (tertiary/aromatic N) is 2. The van der Waals surface area contributed by atoms with Crippen LogP contribution in [0.4, 0.5) is 0 Å². The van der Waals surface area contributed by atoms with E-state index in [4.69, 9.17) is 0 Å². The smallest absolute Gasteiger partial charge is 0.0934 e. The summed E-state index contributed by atoms with van der Waals surface area (Å²) in [5, 5.41) is 5.35. The topological polar surface area (TPSA) is 17.8 Å². The molecule has 0 aliphatic heterocycles. The molecule has 2 nitrogen and oxygen atoms in total. The van der Waals surface area contributed by atoms with Gasteiger partial charge in [0.1, 0.15) is 0 Å². The number of thiol groups is 1. The van der Waals surface area contributed by atoms with E-state index in [0.717, 1.165) is 10.9 Å². The number of hydrogen-bond donors (Lipinski definition) is 1. The predicted octanol–water partition coefficient (Wildman–Crippen LogP) is 2.85. The zero-order valence-corrected chi connectivity index (χ0v) is 8.62. The Labute approximate surface area is 83.1 Å². The van der Waals surface area contributed by atoms with Crippen molar-refractivity contribution in [1.82, 2.24) is 9.19 Å². The van der Waals surface area contributed by atoms with E-state index in [-0.39, 0.29) is 0 Å². The summed E-state index contributed by atoms with van der Waals surface area (Å²) < 4.78 is 1.55. The average Bonchev–Trinajstić information content (AvgIpc) is 2.42. The van der Waals surface area contributed by atoms with Gasteiger partial charge in [0.15, 0.2) is 0 Å². The summed E-state index contributed by atoms with van der Waals surface area (Å²) in [4.78, 5) is 0. The highest BCUT2D eigenvalue weighted by Crippen LogP contribution is 2.20. The lowest BCUT2D eigenvalue weighted by molar-refractivity contribution is 0.869. The van der Waals surface area contributed by atoms with Crippen LogP contribution in [0.2, 0.25) is 0 Å². The van der Waals surface area contributed by atoms with Crippen molar-refractivity contribution in [3.8, 4) is 0 Å². The Balaban J connectivity index is 2.61. The van der Waals surface area contributed by atoms with Gasteiger partial charge in [-0.1, -0.05) is 19.9 Å². The first-order chi connectivity index (χ1) is 6.16. The fourth-order valence-corrected chi connectivity index (χ4v) is 1.61. The van der Waals surface area contributed by atoms with Crippen LogP contribution in [-0.2, 0) is 0 Å². The molecule has 0 amide bonds. The number of aromatic nitrogens is 2. The van der Waals surface area contributed by atoms with E-state index in [0.29, 0.717) is 5.92 Å². The molecular weight excluding hydrogens is 180 g/mol. The minimum Gasteiger partial charge on any atom is -0.216 e. The van der Waals surface area contributed by atoms with E-state index in [1.807, 2.05) is 12.3 Å². The fraction of sp³-hybridized carbons (Fsp3) is 0.300. The molecule has 68 valence electrons. The van der Waals surface area contributed by atoms with Crippen LogP contribution in [0.25, 0.3) is 10.9 Å². The van der Waals surface area contributed by atoms with Crippen LogP contribution in [0.3, 0.4) is 0 Å². The van der Waals surface area contributed by atoms with Gasteiger partial charge in [-0.2, -0.15) is 5.10 Å². The Kier molecular flexibility index (Phi) is 2.04. The second-order valence-corrected chi connectivity index (χ2v) is 3.93. The maximum atomic E-state index is 4.19. The summed E-state index contributed by atoms with van der Waals surface area (Å²) in [6.45, 7) is 4.37. The van der Waals surface area contributed by atoms with E-state index < -0.39 is 0 Å². The molecule has 3 heteroatoms. The SMILES string of the molecule is CC(C)c1ccc2nn(S)cc2c1. The molecule has 0 unspecified atom stereocenters. The van der Waals surface area contributed by atoms with Gasteiger partial charge >= 0.3 is 0 Å². The second kappa shape index (κ2) is 3.07. The summed E-state index contributed by atoms with van der Waals surface area (Å²) in [5.41, 5.74) is 2.34. The Bertz CT molecular complexity index is 431. The molecule has 0 saturated carbocycles. The molecule has 1 aromatic carbocycles. The van der Waals surface area contributed by atoms with Crippen molar-refractivity contribution in [3.05, 3.63) is 30.0 Å². The molecule has 13 heavy (non-hydrogen) atoms. The first kappa shape index (κ1) is 8.63. The van der Waals surface area contributed by atoms with Crippen molar-refractivity contribution in [2.75, 3.05) is 0 Å². The maximum Gasteiger partial charge on any atom is 0.0934 e. The third-order valence-corrected chi connectivity index (χ3v) is 2.39. The van der Waals surface area contributed by atoms with Crippen LogP contribution < -0.4 is 0 Å². The molecule has 1 heterocycles. The van der Waals surface area contributed by atoms with E-state index in [9.17, 15) is 0 Å². The van der Waals surface area contributed by atoms with Gasteiger partial charge in [-0.05, 0) is 36.4 Å². The summed E-state index contributed by atoms with van der Waals surface area (Å²) in [7, 11) is 0. The zero-order valence-electron chi connectivity index (χ0n) is 7.73. The minimum atomic E-state index is 0.563. The summed E-state index contributed by atoms with van der Waals surface area (Å²) in [6.07, 6.45) is 1.92. The molecule has 0 atom stereocenters. The monoisotopic (exact) mass is 192 g/mol. The molecule has 0 radical (unpaired) electrons. The van der Waals surface area contributed by atoms with Crippen LogP contribution in [0.1, 0.15) is 25.3 Å². The van der Waals surface area contributed by atoms with Gasteiger partial charge in [0.25, 0.3) is 0 Å². The minimum absolute atomic E-state index is 0.563. The highest BCUT2D eigenvalue weighted by atomic mass is 32.1. The molecule has 0 bridgehead atoms. The van der Waals surface area contributed by atoms with Gasteiger partial charge in [0, 0.05) is 11.6 Å². The Hall–Kier alpha value is -0.960. The van der Waals surface area contributed by atoms with E-state index in [1.165, 1.54) is 5.56 Å². The molecule has 0 spiro atoms. The van der Waals surface area contributed by atoms with Gasteiger partial charge in [-0.25, -0.2) is 4.09 Å². The fourth-order valence-electron chi connectivity index (χ4n) is 1.39. The van der Waals surface area contributed by atoms with Crippen LogP contribution in [0.15, 0.2) is 24.4 Å². The summed E-state index contributed by atoms with van der Waals surface area (Å²) >= 11 is 4.13. The maximum absolute atomic E-state index is 4.19. The molecule has 1 aromatic heterocycles. The Morgan fingerprint density at radius 1 is 1.38 bits per heavy atom. The summed E-state index contributed by atoms with van der Waals surface area (Å²) in [6, 6.07) is 6.32. The first-order valence-corrected chi connectivity index (χ1v) is 4.75. The molecule has 0 saturated heterocycles. The van der Waals surface area contributed by atoms with Crippen LogP contribution in [-0.4, -0.2) is 9.19 Å². The average molecular weight is 192 g/mol. The van der Waals surface area contributed by atoms with Crippen LogP contribution in [0.5, 0.6) is 0 Å². The van der Waals surface area contributed by atoms with Crippen molar-refractivity contribution >= 4 is 23.7 Å². The Morgan fingerprint density at radius 3 is 2.85 bits per heavy atom. The summed E-state index contributed by atoms with van der Waals surface area (Å²) in [5.74, 6) is 0.563. The van der Waals surface area contributed by atoms with Crippen LogP contribution >= 0.6 is 12.8 Å². The highest BCUT2D eigenvalue weighted by Gasteiger charge is 2.02. The number of benzene rings is 1. The van der Waals surface area contributed by atoms with Crippen molar-refractivity contribution in [1.29, 1.82) is 0 Å². The van der Waals surface area contributed by atoms with Gasteiger partial charge in [0.05, 0.1) is 5.52 Å². The van der Waals surface area contributed by atoms with Gasteiger partial charge in [0.2, 0.25) is 0 Å². The third kappa shape index (κ3) is 1.56. The van der Waals surface area contributed by atoms with E-state index in [2.05, 4.69) is 43.9 Å². The lowest BCUT2D eigenvalue weighted by atomic mass is 10.0. The van der Waals surface area contributed by atoms with Crippen molar-refractivity contribution in [2.45, 2.75) is 19.8 Å². The molecule has 0 aliphatic carbocycles. The lowest BCUT2D eigenvalue weighted by Gasteiger charge is -2.03. The number of rotatable bonds is 1. The van der Waals surface area contributed by atoms with Crippen molar-refractivity contribution in [2.24, 2.45) is 0 Å². The van der Waals surface area contributed by atoms with Gasteiger partial charge in [-0.15, -0.1) is 0 Å². The highest BCUT2D eigenvalue weighted by molar-refractivity contribution is 7.78.